The van der Waals surface area contributed by atoms with Crippen LogP contribution < -0.4 is 9.47 Å². The van der Waals surface area contributed by atoms with Crippen LogP contribution in [0.1, 0.15) is 12.0 Å². The summed E-state index contributed by atoms with van der Waals surface area (Å²) in [4.78, 5) is 2.12. The van der Waals surface area contributed by atoms with Crippen molar-refractivity contribution >= 4 is 0 Å². The summed E-state index contributed by atoms with van der Waals surface area (Å²) in [6.07, 6.45) is 3.02. The number of nitrogens with zero attached hydrogens (tertiary/aromatic N) is 1. The second-order valence-corrected chi connectivity index (χ2v) is 6.13. The summed E-state index contributed by atoms with van der Waals surface area (Å²) < 4.78 is 10.7. The largest absolute Gasteiger partial charge is 0.493 e. The van der Waals surface area contributed by atoms with Gasteiger partial charge in [-0.15, -0.1) is 0 Å². The number of hydrogen-bond acceptors (Lipinski definition) is 5. The number of likely N-dealkylation sites (tertiary alicyclic amines) is 1. The number of methoxy groups -OCH3 is 2. The predicted octanol–water partition coefficient (Wildman–Crippen LogP) is 0.937. The quantitative estimate of drug-likeness (QED) is 0.814. The summed E-state index contributed by atoms with van der Waals surface area (Å²) in [5.74, 6) is 1.36. The second-order valence-electron chi connectivity index (χ2n) is 6.13. The molecule has 1 fully saturated rings. The lowest BCUT2D eigenvalue weighted by atomic mass is 9.68. The Hall–Kier alpha value is -1.56. The van der Waals surface area contributed by atoms with Gasteiger partial charge < -0.3 is 19.7 Å². The lowest BCUT2D eigenvalue weighted by molar-refractivity contribution is -0.0204. The van der Waals surface area contributed by atoms with Crippen molar-refractivity contribution in [2.75, 3.05) is 27.8 Å². The van der Waals surface area contributed by atoms with Crippen LogP contribution in [0.25, 0.3) is 0 Å². The highest BCUT2D eigenvalue weighted by Gasteiger charge is 2.52. The minimum Gasteiger partial charge on any atom is -0.493 e. The van der Waals surface area contributed by atoms with Crippen LogP contribution >= 0.6 is 0 Å². The van der Waals surface area contributed by atoms with E-state index in [-0.39, 0.29) is 11.5 Å². The van der Waals surface area contributed by atoms with E-state index in [1.807, 2.05) is 31.3 Å². The predicted molar refractivity (Wildman–Crippen MR) is 83.4 cm³/mol. The first kappa shape index (κ1) is 15.3. The molecule has 0 bridgehead atoms. The maximum absolute atomic E-state index is 10.5. The number of aliphatic hydroxyl groups excluding tert-OH is 2. The summed E-state index contributed by atoms with van der Waals surface area (Å²) in [5.41, 5.74) is 0.758. The summed E-state index contributed by atoms with van der Waals surface area (Å²) in [5, 5.41) is 20.5. The molecule has 0 amide bonds. The number of ether oxygens (including phenoxy) is 2. The Kier molecular flexibility index (Phi) is 3.89. The molecule has 1 heterocycles. The molecule has 120 valence electrons. The van der Waals surface area contributed by atoms with Crippen molar-refractivity contribution in [2.24, 2.45) is 0 Å². The van der Waals surface area contributed by atoms with Gasteiger partial charge in [-0.1, -0.05) is 18.2 Å². The molecule has 1 aromatic carbocycles. The van der Waals surface area contributed by atoms with Crippen LogP contribution in [-0.4, -0.2) is 61.2 Å². The molecule has 2 N–H and O–H groups in total. The fourth-order valence-electron chi connectivity index (χ4n) is 3.90. The van der Waals surface area contributed by atoms with E-state index in [9.17, 15) is 10.2 Å². The molecule has 5 nitrogen and oxygen atoms in total. The lowest BCUT2D eigenvalue weighted by Crippen LogP contribution is -2.54. The highest BCUT2D eigenvalue weighted by molar-refractivity contribution is 5.49. The molecular formula is C17H23NO4. The molecule has 0 aromatic heterocycles. The van der Waals surface area contributed by atoms with E-state index < -0.39 is 12.2 Å². The van der Waals surface area contributed by atoms with E-state index in [1.54, 1.807) is 20.3 Å². The zero-order valence-corrected chi connectivity index (χ0v) is 13.2. The summed E-state index contributed by atoms with van der Waals surface area (Å²) >= 11 is 0. The number of benzene rings is 1. The van der Waals surface area contributed by atoms with E-state index in [2.05, 4.69) is 4.90 Å². The van der Waals surface area contributed by atoms with Crippen molar-refractivity contribution in [3.05, 3.63) is 35.9 Å². The fourth-order valence-corrected chi connectivity index (χ4v) is 3.90. The van der Waals surface area contributed by atoms with Gasteiger partial charge in [0.05, 0.1) is 26.4 Å². The maximum atomic E-state index is 10.5. The zero-order valence-electron chi connectivity index (χ0n) is 13.2. The summed E-state index contributed by atoms with van der Waals surface area (Å²) in [7, 11) is 5.22. The van der Waals surface area contributed by atoms with E-state index in [0.717, 1.165) is 18.5 Å². The van der Waals surface area contributed by atoms with Crippen LogP contribution in [0.5, 0.6) is 11.5 Å². The third-order valence-corrected chi connectivity index (χ3v) is 5.07. The molecule has 3 rings (SSSR count). The normalized spacial score (nSPS) is 34.5. The minimum atomic E-state index is -0.821. The first-order chi connectivity index (χ1) is 10.5. The smallest absolute Gasteiger partial charge is 0.161 e. The average Bonchev–Trinajstić information content (AvgIpc) is 2.89. The fraction of sp³-hybridized carbons (Fsp3) is 0.529. The molecule has 2 aliphatic rings. The molecule has 5 heteroatoms. The minimum absolute atomic E-state index is 0.148. The standard InChI is InChI=1S/C17H23NO4/c1-18-9-8-17(7-6-12(19)15(20)16(17)18)11-4-5-13(21-2)14(10-11)22-3/h4-7,10,12,15-16,19-20H,8-9H2,1-3H3/t12?,15?,16?,17-/m0/s1. The average molecular weight is 305 g/mol. The van der Waals surface area contributed by atoms with Crippen molar-refractivity contribution < 1.29 is 19.7 Å². The van der Waals surface area contributed by atoms with Gasteiger partial charge in [0.15, 0.2) is 11.5 Å². The van der Waals surface area contributed by atoms with Crippen molar-refractivity contribution in [1.29, 1.82) is 0 Å². The van der Waals surface area contributed by atoms with Crippen molar-refractivity contribution in [3.8, 4) is 11.5 Å². The summed E-state index contributed by atoms with van der Waals surface area (Å²) in [6, 6.07) is 5.73. The van der Waals surface area contributed by atoms with E-state index in [4.69, 9.17) is 9.47 Å². The van der Waals surface area contributed by atoms with Crippen LogP contribution in [0.15, 0.2) is 30.4 Å². The van der Waals surface area contributed by atoms with Gasteiger partial charge in [0, 0.05) is 5.41 Å². The third kappa shape index (κ3) is 2.12. The van der Waals surface area contributed by atoms with Gasteiger partial charge in [-0.05, 0) is 37.7 Å². The molecule has 0 radical (unpaired) electrons. The zero-order chi connectivity index (χ0) is 15.9. The highest BCUT2D eigenvalue weighted by Crippen LogP contribution is 2.47. The number of hydrogen-bond donors (Lipinski definition) is 2. The molecule has 4 atom stereocenters. The van der Waals surface area contributed by atoms with Gasteiger partial charge >= 0.3 is 0 Å². The number of rotatable bonds is 3. The molecule has 1 aromatic rings. The Balaban J connectivity index is 2.10. The van der Waals surface area contributed by atoms with E-state index >= 15 is 0 Å². The molecule has 3 unspecified atom stereocenters. The number of likely N-dealkylation sites (N-methyl/N-ethyl adjacent to an activating group) is 1. The first-order valence-electron chi connectivity index (χ1n) is 7.52. The molecule has 1 aliphatic heterocycles. The Morgan fingerprint density at radius 1 is 1.18 bits per heavy atom. The van der Waals surface area contributed by atoms with E-state index in [1.165, 1.54) is 0 Å². The maximum Gasteiger partial charge on any atom is 0.161 e. The third-order valence-electron chi connectivity index (χ3n) is 5.07. The Morgan fingerprint density at radius 2 is 1.91 bits per heavy atom. The molecule has 1 aliphatic carbocycles. The molecule has 22 heavy (non-hydrogen) atoms. The van der Waals surface area contributed by atoms with Gasteiger partial charge in [0.25, 0.3) is 0 Å². The molecular weight excluding hydrogens is 282 g/mol. The van der Waals surface area contributed by atoms with Gasteiger partial charge in [-0.3, -0.25) is 4.90 Å². The second kappa shape index (κ2) is 5.57. The van der Waals surface area contributed by atoms with E-state index in [0.29, 0.717) is 11.5 Å². The lowest BCUT2D eigenvalue weighted by Gasteiger charge is -2.42. The van der Waals surface area contributed by atoms with Crippen molar-refractivity contribution in [3.63, 3.8) is 0 Å². The Labute approximate surface area is 130 Å². The molecule has 0 spiro atoms. The molecule has 0 saturated carbocycles. The van der Waals surface area contributed by atoms with Crippen molar-refractivity contribution in [1.82, 2.24) is 4.90 Å². The number of aliphatic hydroxyl groups is 2. The van der Waals surface area contributed by atoms with Crippen LogP contribution in [0.3, 0.4) is 0 Å². The van der Waals surface area contributed by atoms with Gasteiger partial charge in [0.1, 0.15) is 6.10 Å². The van der Waals surface area contributed by atoms with Crippen LogP contribution in [0, 0.1) is 0 Å². The Morgan fingerprint density at radius 3 is 2.59 bits per heavy atom. The highest BCUT2D eigenvalue weighted by atomic mass is 16.5. The Bertz CT molecular complexity index is 588. The van der Waals surface area contributed by atoms with Gasteiger partial charge in [-0.25, -0.2) is 0 Å². The van der Waals surface area contributed by atoms with Gasteiger partial charge in [0.2, 0.25) is 0 Å². The summed E-state index contributed by atoms with van der Waals surface area (Å²) in [6.45, 7) is 0.868. The van der Waals surface area contributed by atoms with Crippen LogP contribution in [0.2, 0.25) is 0 Å². The molecule has 1 saturated heterocycles. The van der Waals surface area contributed by atoms with Crippen LogP contribution in [0.4, 0.5) is 0 Å². The van der Waals surface area contributed by atoms with Crippen molar-refractivity contribution in [2.45, 2.75) is 30.1 Å². The van der Waals surface area contributed by atoms with Gasteiger partial charge in [-0.2, -0.15) is 0 Å². The first-order valence-corrected chi connectivity index (χ1v) is 7.52. The monoisotopic (exact) mass is 305 g/mol. The number of fused-ring (bicyclic) bond motifs is 1. The topological polar surface area (TPSA) is 62.2 Å². The van der Waals surface area contributed by atoms with Crippen LogP contribution in [-0.2, 0) is 5.41 Å². The SMILES string of the molecule is COc1ccc([C@@]23C=CC(O)C(O)C2N(C)CC3)cc1OC.